The molecule has 1 aliphatic rings. The van der Waals surface area contributed by atoms with Gasteiger partial charge < -0.3 is 24.4 Å². The maximum Gasteiger partial charge on any atom is 0.410 e. The Hall–Kier alpha value is -3.51. The lowest BCUT2D eigenvalue weighted by molar-refractivity contribution is -0.111. The Bertz CT molecular complexity index is 1050. The van der Waals surface area contributed by atoms with Gasteiger partial charge in [-0.05, 0) is 43.2 Å². The van der Waals surface area contributed by atoms with E-state index in [9.17, 15) is 14.9 Å². The van der Waals surface area contributed by atoms with Crippen molar-refractivity contribution in [1.29, 1.82) is 5.26 Å². The van der Waals surface area contributed by atoms with E-state index < -0.39 is 0 Å². The maximum atomic E-state index is 12.5. The molecule has 0 radical (unpaired) electrons. The van der Waals surface area contributed by atoms with Gasteiger partial charge in [0, 0.05) is 23.1 Å². The number of carbonyl (C=O) groups excluding carboxylic acids is 2. The van der Waals surface area contributed by atoms with Gasteiger partial charge in [-0.2, -0.15) is 5.26 Å². The molecule has 1 aromatic carbocycles. The first kappa shape index (κ1) is 22.2. The molecule has 1 aromatic heterocycles. The first-order valence-electron chi connectivity index (χ1n) is 9.68. The number of rotatable bonds is 6. The number of nitrogens with one attached hydrogen (secondary N) is 1. The van der Waals surface area contributed by atoms with E-state index in [4.69, 9.17) is 14.2 Å². The van der Waals surface area contributed by atoms with Gasteiger partial charge in [-0.1, -0.05) is 0 Å². The number of amides is 2. The summed E-state index contributed by atoms with van der Waals surface area (Å²) in [5.74, 6) is 0.875. The molecule has 9 heteroatoms. The fourth-order valence-electron chi connectivity index (χ4n) is 3.27. The Balaban J connectivity index is 1.76. The quantitative estimate of drug-likeness (QED) is 0.684. The minimum absolute atomic E-state index is 0.307. The molecular formula is C22H23N3O5S. The average Bonchev–Trinajstić information content (AvgIpc) is 3.13. The van der Waals surface area contributed by atoms with Crippen molar-refractivity contribution in [1.82, 2.24) is 4.90 Å². The van der Waals surface area contributed by atoms with Crippen molar-refractivity contribution in [3.05, 3.63) is 45.8 Å². The van der Waals surface area contributed by atoms with Gasteiger partial charge in [0.15, 0.2) is 0 Å². The fourth-order valence-corrected chi connectivity index (χ4v) is 4.49. The number of carbonyl (C=O) groups is 2. The van der Waals surface area contributed by atoms with Gasteiger partial charge in [-0.15, -0.1) is 11.3 Å². The number of methoxy groups -OCH3 is 2. The number of hydrogen-bond acceptors (Lipinski definition) is 7. The number of hydrogen-bond donors (Lipinski definition) is 1. The average molecular weight is 442 g/mol. The molecule has 162 valence electrons. The van der Waals surface area contributed by atoms with Gasteiger partial charge in [0.2, 0.25) is 5.91 Å². The number of benzene rings is 1. The first-order valence-corrected chi connectivity index (χ1v) is 10.5. The van der Waals surface area contributed by atoms with Gasteiger partial charge in [0.25, 0.3) is 0 Å². The molecule has 8 nitrogen and oxygen atoms in total. The zero-order valence-electron chi connectivity index (χ0n) is 17.6. The lowest BCUT2D eigenvalue weighted by atomic mass is 10.0. The topological polar surface area (TPSA) is 101 Å². The number of thiophene rings is 1. The van der Waals surface area contributed by atoms with Gasteiger partial charge in [-0.3, -0.25) is 4.79 Å². The van der Waals surface area contributed by atoms with Crippen LogP contribution < -0.4 is 14.8 Å². The number of ether oxygens (including phenoxy) is 3. The Morgan fingerprint density at radius 3 is 2.81 bits per heavy atom. The van der Waals surface area contributed by atoms with Gasteiger partial charge in [-0.25, -0.2) is 4.79 Å². The van der Waals surface area contributed by atoms with Crippen molar-refractivity contribution in [3.63, 3.8) is 0 Å². The van der Waals surface area contributed by atoms with Crippen molar-refractivity contribution in [2.75, 3.05) is 32.7 Å². The lowest BCUT2D eigenvalue weighted by Gasteiger charge is -2.25. The van der Waals surface area contributed by atoms with Crippen LogP contribution in [0.2, 0.25) is 0 Å². The molecule has 0 saturated heterocycles. The molecule has 0 unspecified atom stereocenters. The van der Waals surface area contributed by atoms with Crippen molar-refractivity contribution in [2.45, 2.75) is 19.9 Å². The molecular weight excluding hydrogens is 418 g/mol. The molecule has 31 heavy (non-hydrogen) atoms. The Labute approximate surface area is 184 Å². The van der Waals surface area contributed by atoms with Gasteiger partial charge in [0.05, 0.1) is 32.9 Å². The molecule has 1 N–H and O–H groups in total. The van der Waals surface area contributed by atoms with Gasteiger partial charge >= 0.3 is 6.09 Å². The maximum absolute atomic E-state index is 12.5. The predicted octanol–water partition coefficient (Wildman–Crippen LogP) is 3.80. The molecule has 2 aromatic rings. The van der Waals surface area contributed by atoms with E-state index in [0.717, 1.165) is 10.4 Å². The second-order valence-electron chi connectivity index (χ2n) is 6.62. The summed E-state index contributed by atoms with van der Waals surface area (Å²) in [7, 11) is 3.11. The van der Waals surface area contributed by atoms with Crippen molar-refractivity contribution in [3.8, 4) is 17.6 Å². The largest absolute Gasteiger partial charge is 0.497 e. The summed E-state index contributed by atoms with van der Waals surface area (Å²) in [5.41, 5.74) is 2.01. The summed E-state index contributed by atoms with van der Waals surface area (Å²) in [5, 5.41) is 12.9. The van der Waals surface area contributed by atoms with Crippen molar-refractivity contribution < 1.29 is 23.8 Å². The Morgan fingerprint density at radius 1 is 1.32 bits per heavy atom. The van der Waals surface area contributed by atoms with Crippen LogP contribution in [0.1, 0.15) is 28.5 Å². The van der Waals surface area contributed by atoms with Crippen LogP contribution >= 0.6 is 11.3 Å². The van der Waals surface area contributed by atoms with Crippen LogP contribution in [0.4, 0.5) is 9.80 Å². The van der Waals surface area contributed by atoms with E-state index in [0.29, 0.717) is 53.7 Å². The number of nitrogens with zero attached hydrogens (tertiary/aromatic N) is 2. The van der Waals surface area contributed by atoms with E-state index in [-0.39, 0.29) is 12.0 Å². The third-order valence-electron chi connectivity index (χ3n) is 4.78. The highest BCUT2D eigenvalue weighted by atomic mass is 32.1. The molecule has 0 aliphatic carbocycles. The van der Waals surface area contributed by atoms with E-state index in [1.54, 1.807) is 50.3 Å². The third-order valence-corrected chi connectivity index (χ3v) is 5.91. The zero-order chi connectivity index (χ0) is 22.4. The smallest absolute Gasteiger partial charge is 0.410 e. The van der Waals surface area contributed by atoms with Crippen molar-refractivity contribution >= 4 is 34.4 Å². The van der Waals surface area contributed by atoms with Crippen LogP contribution in [0, 0.1) is 11.3 Å². The second-order valence-corrected chi connectivity index (χ2v) is 7.73. The van der Waals surface area contributed by atoms with Gasteiger partial charge in [0.1, 0.15) is 22.6 Å². The lowest BCUT2D eigenvalue weighted by Crippen LogP contribution is -2.35. The summed E-state index contributed by atoms with van der Waals surface area (Å²) in [6, 6.07) is 7.47. The molecule has 0 saturated carbocycles. The predicted molar refractivity (Wildman–Crippen MR) is 117 cm³/mol. The highest BCUT2D eigenvalue weighted by Crippen LogP contribution is 2.37. The number of fused-ring (bicyclic) bond motifs is 1. The fraction of sp³-hybridized carbons (Fsp3) is 0.318. The summed E-state index contributed by atoms with van der Waals surface area (Å²) in [4.78, 5) is 27.0. The molecule has 0 bridgehead atoms. The minimum Gasteiger partial charge on any atom is -0.497 e. The molecule has 2 amide bonds. The van der Waals surface area contributed by atoms with E-state index >= 15 is 0 Å². The van der Waals surface area contributed by atoms with Crippen LogP contribution in [-0.2, 0) is 22.5 Å². The normalized spacial score (nSPS) is 12.8. The van der Waals surface area contributed by atoms with Crippen LogP contribution in [0.3, 0.4) is 0 Å². The van der Waals surface area contributed by atoms with Crippen LogP contribution in [0.25, 0.3) is 6.08 Å². The van der Waals surface area contributed by atoms with Crippen LogP contribution in [0.15, 0.2) is 24.3 Å². The Morgan fingerprint density at radius 2 is 2.13 bits per heavy atom. The highest BCUT2D eigenvalue weighted by molar-refractivity contribution is 7.16. The highest BCUT2D eigenvalue weighted by Gasteiger charge is 2.27. The molecule has 1 aliphatic heterocycles. The first-order chi connectivity index (χ1) is 15.0. The van der Waals surface area contributed by atoms with E-state index in [1.807, 2.05) is 0 Å². The number of anilines is 1. The minimum atomic E-state index is -0.374. The summed E-state index contributed by atoms with van der Waals surface area (Å²) >= 11 is 1.31. The Kier molecular flexibility index (Phi) is 7.15. The molecule has 2 heterocycles. The monoisotopic (exact) mass is 441 g/mol. The second kappa shape index (κ2) is 10.00. The summed E-state index contributed by atoms with van der Waals surface area (Å²) < 4.78 is 15.6. The third kappa shape index (κ3) is 4.98. The van der Waals surface area contributed by atoms with E-state index in [2.05, 4.69) is 11.4 Å². The summed E-state index contributed by atoms with van der Waals surface area (Å²) in [6.07, 6.45) is 3.17. The number of nitriles is 1. The molecule has 0 atom stereocenters. The zero-order valence-corrected chi connectivity index (χ0v) is 18.4. The molecule has 0 fully saturated rings. The van der Waals surface area contributed by atoms with E-state index in [1.165, 1.54) is 17.4 Å². The summed E-state index contributed by atoms with van der Waals surface area (Å²) in [6.45, 7) is 2.90. The van der Waals surface area contributed by atoms with Crippen LogP contribution in [0.5, 0.6) is 11.5 Å². The van der Waals surface area contributed by atoms with Crippen molar-refractivity contribution in [2.24, 2.45) is 0 Å². The molecule has 3 rings (SSSR count). The molecule has 0 spiro atoms. The van der Waals surface area contributed by atoms with Crippen LogP contribution in [-0.4, -0.2) is 44.3 Å². The SMILES string of the molecule is CCOC(=O)N1CCc2c(sc(NC(=O)/C=C/c3cc(OC)ccc3OC)c2C#N)C1. The standard InChI is InChI=1S/C22H23N3O5S/c1-4-30-22(27)25-10-9-16-17(12-23)21(31-19(16)13-25)24-20(26)8-5-14-11-15(28-2)6-7-18(14)29-3/h5-8,11H,4,9-10,13H2,1-3H3,(H,24,26)/b8-5+.